The quantitative estimate of drug-likeness (QED) is 0.530. The van der Waals surface area contributed by atoms with Crippen molar-refractivity contribution in [1.82, 2.24) is 0 Å². The lowest BCUT2D eigenvalue weighted by Gasteiger charge is -1.96. The second kappa shape index (κ2) is 4.16. The maximum atomic E-state index is 10.6. The van der Waals surface area contributed by atoms with Crippen molar-refractivity contribution >= 4 is 16.9 Å². The average molecular weight is 259 g/mol. The minimum atomic E-state index is -0.588. The Labute approximate surface area is 107 Å². The maximum Gasteiger partial charge on any atom is 0.433 e. The summed E-state index contributed by atoms with van der Waals surface area (Å²) in [5.74, 6) is 1.16. The normalized spacial score (nSPS) is 10.8. The topological polar surface area (TPSA) is 78.7 Å². The number of rotatable bonds is 3. The van der Waals surface area contributed by atoms with Gasteiger partial charge in [0.1, 0.15) is 16.3 Å². The lowest BCUT2D eigenvalue weighted by molar-refractivity contribution is -0.401. The summed E-state index contributed by atoms with van der Waals surface area (Å²) in [6, 6.07) is 9.92. The molecule has 1 aromatic carbocycles. The summed E-state index contributed by atoms with van der Waals surface area (Å²) in [5.41, 5.74) is 0.662. The molecule has 0 amide bonds. The van der Waals surface area contributed by atoms with Crippen LogP contribution >= 0.6 is 0 Å². The fourth-order valence-corrected chi connectivity index (χ4v) is 1.83. The number of hydrogen-bond donors (Lipinski definition) is 0. The van der Waals surface area contributed by atoms with Crippen molar-refractivity contribution in [3.8, 4) is 17.3 Å². The fourth-order valence-electron chi connectivity index (χ4n) is 1.83. The highest BCUT2D eigenvalue weighted by Gasteiger charge is 2.16. The predicted octanol–water partition coefficient (Wildman–Crippen LogP) is 3.61. The Bertz CT molecular complexity index is 755. The van der Waals surface area contributed by atoms with Crippen molar-refractivity contribution < 1.29 is 18.5 Å². The van der Waals surface area contributed by atoms with Gasteiger partial charge in [0.15, 0.2) is 11.5 Å². The van der Waals surface area contributed by atoms with Crippen molar-refractivity contribution in [2.75, 3.05) is 7.11 Å². The van der Waals surface area contributed by atoms with Crippen LogP contribution in [0.1, 0.15) is 0 Å². The van der Waals surface area contributed by atoms with Gasteiger partial charge >= 0.3 is 5.88 Å². The summed E-state index contributed by atoms with van der Waals surface area (Å²) >= 11 is 0. The highest BCUT2D eigenvalue weighted by molar-refractivity contribution is 5.83. The molecule has 0 saturated carbocycles. The van der Waals surface area contributed by atoms with Gasteiger partial charge in [0.25, 0.3) is 0 Å². The molecular weight excluding hydrogens is 250 g/mol. The number of ether oxygens (including phenoxy) is 1. The van der Waals surface area contributed by atoms with E-state index in [4.69, 9.17) is 13.6 Å². The molecule has 6 heteroatoms. The Morgan fingerprint density at radius 3 is 2.63 bits per heavy atom. The number of hydrogen-bond acceptors (Lipinski definition) is 5. The van der Waals surface area contributed by atoms with Gasteiger partial charge in [0.2, 0.25) is 0 Å². The molecule has 0 saturated heterocycles. The summed E-state index contributed by atoms with van der Waals surface area (Å²) in [4.78, 5) is 9.98. The molecular formula is C13H9NO5. The standard InChI is InChI=1S/C13H9NO5/c1-17-9-2-3-10-8(6-9)7-12(18-10)11-4-5-13(19-11)14(15)16/h2-7H,1H3. The minimum absolute atomic E-state index is 0.312. The number of benzene rings is 1. The fraction of sp³-hybridized carbons (Fsp3) is 0.0769. The Hall–Kier alpha value is -2.76. The van der Waals surface area contributed by atoms with E-state index >= 15 is 0 Å². The molecule has 0 fully saturated rings. The predicted molar refractivity (Wildman–Crippen MR) is 67.1 cm³/mol. The first-order chi connectivity index (χ1) is 9.17. The molecule has 0 aliphatic heterocycles. The van der Waals surface area contributed by atoms with Crippen LogP contribution in [0.4, 0.5) is 5.88 Å². The van der Waals surface area contributed by atoms with Crippen molar-refractivity contribution in [3.63, 3.8) is 0 Å². The SMILES string of the molecule is COc1ccc2oc(-c3ccc([N+](=O)[O-])o3)cc2c1. The number of methoxy groups -OCH3 is 1. The van der Waals surface area contributed by atoms with Gasteiger partial charge in [-0.05, 0) is 30.3 Å². The zero-order chi connectivity index (χ0) is 13.4. The molecule has 0 aliphatic rings. The third kappa shape index (κ3) is 1.93. The third-order valence-corrected chi connectivity index (χ3v) is 2.74. The zero-order valence-corrected chi connectivity index (χ0v) is 9.95. The molecule has 19 heavy (non-hydrogen) atoms. The van der Waals surface area contributed by atoms with Crippen LogP contribution in [0.5, 0.6) is 5.75 Å². The molecule has 0 atom stereocenters. The van der Waals surface area contributed by atoms with Crippen LogP contribution in [0.3, 0.4) is 0 Å². The van der Waals surface area contributed by atoms with E-state index in [1.165, 1.54) is 12.1 Å². The lowest BCUT2D eigenvalue weighted by Crippen LogP contribution is -1.82. The lowest BCUT2D eigenvalue weighted by atomic mass is 10.2. The van der Waals surface area contributed by atoms with Gasteiger partial charge in [-0.3, -0.25) is 10.1 Å². The van der Waals surface area contributed by atoms with Crippen molar-refractivity contribution in [2.24, 2.45) is 0 Å². The van der Waals surface area contributed by atoms with E-state index in [2.05, 4.69) is 0 Å². The maximum absolute atomic E-state index is 10.6. The number of nitrogens with zero attached hydrogens (tertiary/aromatic N) is 1. The van der Waals surface area contributed by atoms with E-state index in [-0.39, 0.29) is 5.88 Å². The monoisotopic (exact) mass is 259 g/mol. The second-order valence-corrected chi connectivity index (χ2v) is 3.91. The first-order valence-corrected chi connectivity index (χ1v) is 5.49. The van der Waals surface area contributed by atoms with Gasteiger partial charge in [-0.2, -0.15) is 0 Å². The van der Waals surface area contributed by atoms with E-state index in [0.29, 0.717) is 22.9 Å². The van der Waals surface area contributed by atoms with Gasteiger partial charge in [-0.1, -0.05) is 0 Å². The highest BCUT2D eigenvalue weighted by Crippen LogP contribution is 2.32. The highest BCUT2D eigenvalue weighted by atomic mass is 16.6. The van der Waals surface area contributed by atoms with Crippen LogP contribution < -0.4 is 4.74 Å². The second-order valence-electron chi connectivity index (χ2n) is 3.91. The Morgan fingerprint density at radius 2 is 1.95 bits per heavy atom. The van der Waals surface area contributed by atoms with Gasteiger partial charge in [0.05, 0.1) is 13.2 Å². The molecule has 0 radical (unpaired) electrons. The smallest absolute Gasteiger partial charge is 0.433 e. The summed E-state index contributed by atoms with van der Waals surface area (Å²) in [6.45, 7) is 0. The molecule has 96 valence electrons. The van der Waals surface area contributed by atoms with Crippen molar-refractivity contribution in [1.29, 1.82) is 0 Å². The molecule has 0 bridgehead atoms. The number of fused-ring (bicyclic) bond motifs is 1. The molecule has 6 nitrogen and oxygen atoms in total. The molecule has 2 heterocycles. The third-order valence-electron chi connectivity index (χ3n) is 2.74. The molecule has 0 N–H and O–H groups in total. The van der Waals surface area contributed by atoms with Crippen molar-refractivity contribution in [3.05, 3.63) is 46.5 Å². The van der Waals surface area contributed by atoms with Crippen LogP contribution in [0, 0.1) is 10.1 Å². The molecule has 0 spiro atoms. The molecule has 2 aromatic heterocycles. The van der Waals surface area contributed by atoms with Crippen LogP contribution in [0.15, 0.2) is 45.2 Å². The zero-order valence-electron chi connectivity index (χ0n) is 9.95. The number of nitro groups is 1. The molecule has 3 aromatic rings. The van der Waals surface area contributed by atoms with E-state index in [1.807, 2.05) is 6.07 Å². The van der Waals surface area contributed by atoms with Gasteiger partial charge in [-0.25, -0.2) is 0 Å². The van der Waals surface area contributed by atoms with Crippen LogP contribution in [-0.2, 0) is 0 Å². The van der Waals surface area contributed by atoms with Gasteiger partial charge in [0, 0.05) is 5.39 Å². The van der Waals surface area contributed by atoms with Crippen LogP contribution in [0.25, 0.3) is 22.5 Å². The van der Waals surface area contributed by atoms with E-state index in [1.54, 1.807) is 25.3 Å². The number of furan rings is 2. The Morgan fingerprint density at radius 1 is 1.11 bits per heavy atom. The van der Waals surface area contributed by atoms with Crippen LogP contribution in [-0.4, -0.2) is 12.0 Å². The molecule has 3 rings (SSSR count). The Kier molecular flexibility index (Phi) is 2.49. The van der Waals surface area contributed by atoms with E-state index in [0.717, 1.165) is 5.39 Å². The summed E-state index contributed by atoms with van der Waals surface area (Å²) in [5, 5.41) is 11.4. The van der Waals surface area contributed by atoms with Gasteiger partial charge in [-0.15, -0.1) is 0 Å². The van der Waals surface area contributed by atoms with E-state index < -0.39 is 4.92 Å². The van der Waals surface area contributed by atoms with Crippen molar-refractivity contribution in [2.45, 2.75) is 0 Å². The van der Waals surface area contributed by atoms with Crippen LogP contribution in [0.2, 0.25) is 0 Å². The van der Waals surface area contributed by atoms with Gasteiger partial charge < -0.3 is 13.6 Å². The first kappa shape index (κ1) is 11.3. The molecule has 0 aliphatic carbocycles. The molecule has 0 unspecified atom stereocenters. The average Bonchev–Trinajstić information content (AvgIpc) is 3.04. The Balaban J connectivity index is 2.06. The first-order valence-electron chi connectivity index (χ1n) is 5.49. The summed E-state index contributed by atoms with van der Waals surface area (Å²) in [6.07, 6.45) is 0. The summed E-state index contributed by atoms with van der Waals surface area (Å²) < 4.78 is 15.8. The minimum Gasteiger partial charge on any atom is -0.497 e. The van der Waals surface area contributed by atoms with E-state index in [9.17, 15) is 10.1 Å². The largest absolute Gasteiger partial charge is 0.497 e. The summed E-state index contributed by atoms with van der Waals surface area (Å²) in [7, 11) is 1.58.